The van der Waals surface area contributed by atoms with E-state index in [0.29, 0.717) is 6.04 Å². The van der Waals surface area contributed by atoms with E-state index in [1.54, 1.807) is 24.3 Å². The fraction of sp³-hybridized carbons (Fsp3) is 0.259. The van der Waals surface area contributed by atoms with E-state index in [1.165, 1.54) is 37.7 Å². The molecule has 0 saturated heterocycles. The molecule has 2 aromatic heterocycles. The Morgan fingerprint density at radius 3 is 2.55 bits per heavy atom. The highest BCUT2D eigenvalue weighted by molar-refractivity contribution is 6.03. The van der Waals surface area contributed by atoms with Crippen molar-refractivity contribution in [2.45, 2.75) is 45.1 Å². The first kappa shape index (κ1) is 21.2. The number of rotatable bonds is 5. The van der Waals surface area contributed by atoms with E-state index in [2.05, 4.69) is 16.0 Å². The lowest BCUT2D eigenvalue weighted by Crippen LogP contribution is -2.14. The van der Waals surface area contributed by atoms with Crippen molar-refractivity contribution in [1.29, 1.82) is 0 Å². The van der Waals surface area contributed by atoms with Crippen molar-refractivity contribution in [3.8, 4) is 22.5 Å². The molecule has 0 bridgehead atoms. The molecule has 1 amide bonds. The molecule has 168 valence electrons. The molecule has 0 radical (unpaired) electrons. The Kier molecular flexibility index (Phi) is 5.82. The van der Waals surface area contributed by atoms with Crippen LogP contribution < -0.4 is 5.32 Å². The zero-order valence-electron chi connectivity index (χ0n) is 18.6. The van der Waals surface area contributed by atoms with Gasteiger partial charge in [0, 0.05) is 22.9 Å². The zero-order chi connectivity index (χ0) is 22.8. The van der Waals surface area contributed by atoms with Gasteiger partial charge in [0.2, 0.25) is 0 Å². The number of furan rings is 1. The molecule has 4 aromatic rings. The molecule has 1 fully saturated rings. The van der Waals surface area contributed by atoms with Crippen LogP contribution in [0, 0.1) is 12.7 Å². The van der Waals surface area contributed by atoms with Gasteiger partial charge in [-0.15, -0.1) is 0 Å². The average Bonchev–Trinajstić information content (AvgIpc) is 3.52. The SMILES string of the molecule is Cc1ccc(-c2c(-c3ccc(F)cc3)ncn2C2CCCCC2)cc1NC(=O)c1ccco1. The van der Waals surface area contributed by atoms with Gasteiger partial charge in [0.1, 0.15) is 5.82 Å². The second kappa shape index (κ2) is 9.06. The summed E-state index contributed by atoms with van der Waals surface area (Å²) in [6.45, 7) is 1.96. The Bertz CT molecular complexity index is 1250. The first-order chi connectivity index (χ1) is 16.1. The third-order valence-electron chi connectivity index (χ3n) is 6.38. The number of benzene rings is 2. The van der Waals surface area contributed by atoms with Gasteiger partial charge in [-0.05, 0) is 67.8 Å². The molecule has 5 nitrogen and oxygen atoms in total. The summed E-state index contributed by atoms with van der Waals surface area (Å²) in [6.07, 6.45) is 9.28. The van der Waals surface area contributed by atoms with Gasteiger partial charge >= 0.3 is 0 Å². The summed E-state index contributed by atoms with van der Waals surface area (Å²) in [6, 6.07) is 16.2. The van der Waals surface area contributed by atoms with Gasteiger partial charge in [-0.25, -0.2) is 9.37 Å². The molecule has 0 atom stereocenters. The number of nitrogens with zero attached hydrogens (tertiary/aromatic N) is 2. The van der Waals surface area contributed by atoms with Crippen molar-refractivity contribution in [3.05, 3.63) is 84.3 Å². The molecular weight excluding hydrogens is 417 g/mol. The van der Waals surface area contributed by atoms with E-state index in [0.717, 1.165) is 46.6 Å². The standard InChI is InChI=1S/C27H26FN3O2/c1-18-9-10-20(16-23(18)30-27(32)24-8-5-15-33-24)26-25(19-11-13-21(28)14-12-19)29-17-31(26)22-6-3-2-4-7-22/h5,8-17,22H,2-4,6-7H2,1H3,(H,30,32). The summed E-state index contributed by atoms with van der Waals surface area (Å²) in [7, 11) is 0. The molecular formula is C27H26FN3O2. The maximum atomic E-state index is 13.6. The van der Waals surface area contributed by atoms with Crippen LogP contribution in [0.15, 0.2) is 71.6 Å². The second-order valence-electron chi connectivity index (χ2n) is 8.61. The Labute approximate surface area is 192 Å². The molecule has 0 unspecified atom stereocenters. The molecule has 1 aliphatic carbocycles. The lowest BCUT2D eigenvalue weighted by molar-refractivity contribution is 0.0996. The minimum absolute atomic E-state index is 0.263. The van der Waals surface area contributed by atoms with Gasteiger partial charge in [0.05, 0.1) is 24.0 Å². The van der Waals surface area contributed by atoms with Crippen LogP contribution in [-0.4, -0.2) is 15.5 Å². The molecule has 5 rings (SSSR count). The summed E-state index contributed by atoms with van der Waals surface area (Å²) in [4.78, 5) is 17.4. The molecule has 6 heteroatoms. The van der Waals surface area contributed by atoms with Crippen LogP contribution in [0.5, 0.6) is 0 Å². The number of aryl methyl sites for hydroxylation is 1. The summed E-state index contributed by atoms with van der Waals surface area (Å²) in [5, 5.41) is 2.97. The van der Waals surface area contributed by atoms with E-state index in [1.807, 2.05) is 25.4 Å². The van der Waals surface area contributed by atoms with E-state index >= 15 is 0 Å². The van der Waals surface area contributed by atoms with Crippen LogP contribution in [0.25, 0.3) is 22.5 Å². The van der Waals surface area contributed by atoms with Crippen molar-refractivity contribution >= 4 is 11.6 Å². The van der Waals surface area contributed by atoms with Gasteiger partial charge in [0.15, 0.2) is 5.76 Å². The topological polar surface area (TPSA) is 60.1 Å². The number of anilines is 1. The zero-order valence-corrected chi connectivity index (χ0v) is 18.6. The van der Waals surface area contributed by atoms with E-state index < -0.39 is 0 Å². The molecule has 1 aliphatic rings. The van der Waals surface area contributed by atoms with Crippen LogP contribution in [0.2, 0.25) is 0 Å². The second-order valence-corrected chi connectivity index (χ2v) is 8.61. The van der Waals surface area contributed by atoms with E-state index in [-0.39, 0.29) is 17.5 Å². The number of halogens is 1. The highest BCUT2D eigenvalue weighted by Gasteiger charge is 2.23. The molecule has 1 N–H and O–H groups in total. The number of aromatic nitrogens is 2. The first-order valence-corrected chi connectivity index (χ1v) is 11.4. The third-order valence-corrected chi connectivity index (χ3v) is 6.38. The van der Waals surface area contributed by atoms with Crippen molar-refractivity contribution in [2.75, 3.05) is 5.32 Å². The predicted octanol–water partition coefficient (Wildman–Crippen LogP) is 7.02. The van der Waals surface area contributed by atoms with Crippen molar-refractivity contribution in [3.63, 3.8) is 0 Å². The fourth-order valence-electron chi connectivity index (χ4n) is 4.60. The van der Waals surface area contributed by atoms with Crippen molar-refractivity contribution in [1.82, 2.24) is 9.55 Å². The lowest BCUT2D eigenvalue weighted by atomic mass is 9.94. The maximum Gasteiger partial charge on any atom is 0.291 e. The highest BCUT2D eigenvalue weighted by Crippen LogP contribution is 2.38. The van der Waals surface area contributed by atoms with Crippen LogP contribution in [0.1, 0.15) is 54.3 Å². The number of carbonyl (C=O) groups excluding carboxylic acids is 1. The molecule has 2 aromatic carbocycles. The van der Waals surface area contributed by atoms with Crippen LogP contribution in [0.3, 0.4) is 0 Å². The monoisotopic (exact) mass is 443 g/mol. The Balaban J connectivity index is 1.59. The van der Waals surface area contributed by atoms with Crippen LogP contribution in [-0.2, 0) is 0 Å². The summed E-state index contributed by atoms with van der Waals surface area (Å²) in [5.74, 6) is -0.302. The van der Waals surface area contributed by atoms with Gasteiger partial charge in [-0.2, -0.15) is 0 Å². The largest absolute Gasteiger partial charge is 0.459 e. The Morgan fingerprint density at radius 1 is 1.06 bits per heavy atom. The minimum Gasteiger partial charge on any atom is -0.459 e. The summed E-state index contributed by atoms with van der Waals surface area (Å²) >= 11 is 0. The lowest BCUT2D eigenvalue weighted by Gasteiger charge is -2.25. The maximum absolute atomic E-state index is 13.6. The van der Waals surface area contributed by atoms with Crippen LogP contribution >= 0.6 is 0 Å². The number of hydrogen-bond acceptors (Lipinski definition) is 3. The number of hydrogen-bond donors (Lipinski definition) is 1. The van der Waals surface area contributed by atoms with Crippen molar-refractivity contribution in [2.24, 2.45) is 0 Å². The van der Waals surface area contributed by atoms with Gasteiger partial charge in [-0.1, -0.05) is 31.4 Å². The molecule has 33 heavy (non-hydrogen) atoms. The number of amides is 1. The minimum atomic E-state index is -0.292. The quantitative estimate of drug-likeness (QED) is 0.361. The van der Waals surface area contributed by atoms with Gasteiger partial charge in [-0.3, -0.25) is 4.79 Å². The number of nitrogens with one attached hydrogen (secondary N) is 1. The van der Waals surface area contributed by atoms with E-state index in [9.17, 15) is 9.18 Å². The molecule has 0 spiro atoms. The summed E-state index contributed by atoms with van der Waals surface area (Å²) < 4.78 is 21.1. The fourth-order valence-corrected chi connectivity index (χ4v) is 4.60. The Morgan fingerprint density at radius 2 is 1.82 bits per heavy atom. The number of imidazole rings is 1. The smallest absolute Gasteiger partial charge is 0.291 e. The average molecular weight is 444 g/mol. The van der Waals surface area contributed by atoms with E-state index in [4.69, 9.17) is 9.40 Å². The molecule has 1 saturated carbocycles. The normalized spacial score (nSPS) is 14.4. The number of carbonyl (C=O) groups is 1. The predicted molar refractivity (Wildman–Crippen MR) is 127 cm³/mol. The van der Waals surface area contributed by atoms with Gasteiger partial charge < -0.3 is 14.3 Å². The Hall–Kier alpha value is -3.67. The first-order valence-electron chi connectivity index (χ1n) is 11.4. The van der Waals surface area contributed by atoms with Crippen molar-refractivity contribution < 1.29 is 13.6 Å². The molecule has 0 aliphatic heterocycles. The van der Waals surface area contributed by atoms with Gasteiger partial charge in [0.25, 0.3) is 5.91 Å². The molecule has 2 heterocycles. The summed E-state index contributed by atoms with van der Waals surface area (Å²) in [5.41, 5.74) is 5.29. The third kappa shape index (κ3) is 4.33. The van der Waals surface area contributed by atoms with Crippen LogP contribution in [0.4, 0.5) is 10.1 Å². The highest BCUT2D eigenvalue weighted by atomic mass is 19.1.